The number of aliphatic hydroxyl groups excluding tert-OH is 1. The predicted octanol–water partition coefficient (Wildman–Crippen LogP) is 4.67. The maximum Gasteiger partial charge on any atom is 0.356 e. The number of thioether (sulfide) groups is 2. The van der Waals surface area contributed by atoms with Gasteiger partial charge in [0.25, 0.3) is 0 Å². The van der Waals surface area contributed by atoms with Crippen LogP contribution in [0.3, 0.4) is 0 Å². The van der Waals surface area contributed by atoms with Crippen molar-refractivity contribution in [2.75, 3.05) is 33.1 Å². The summed E-state index contributed by atoms with van der Waals surface area (Å²) < 4.78 is 7.89. The highest BCUT2D eigenvalue weighted by atomic mass is 32.2. The Hall–Kier alpha value is -3.52. The molecular formula is C38H49N6O5PS2Si. The molecule has 2 heterocycles. The van der Waals surface area contributed by atoms with Crippen LogP contribution in [0.25, 0.3) is 0 Å². The molecule has 0 spiro atoms. The molecule has 1 aromatic heterocycles. The van der Waals surface area contributed by atoms with Crippen molar-refractivity contribution < 1.29 is 24.2 Å². The Morgan fingerprint density at radius 1 is 0.943 bits per heavy atom. The fourth-order valence-corrected chi connectivity index (χ4v) is 13.3. The third kappa shape index (κ3) is 9.24. The van der Waals surface area contributed by atoms with Crippen LogP contribution in [0.15, 0.2) is 96.2 Å². The van der Waals surface area contributed by atoms with Crippen molar-refractivity contribution in [2.45, 2.75) is 62.1 Å². The molecule has 1 fully saturated rings. The van der Waals surface area contributed by atoms with Crippen LogP contribution in [-0.4, -0.2) is 104 Å². The number of β-lactam (4-membered cyclic amide) rings is 1. The van der Waals surface area contributed by atoms with Crippen molar-refractivity contribution in [3.63, 3.8) is 0 Å². The van der Waals surface area contributed by atoms with Gasteiger partial charge in [-0.15, -0.1) is 5.10 Å². The molecule has 15 heteroatoms. The van der Waals surface area contributed by atoms with E-state index in [1.165, 1.54) is 16.7 Å². The molecule has 1 aliphatic heterocycles. The first-order chi connectivity index (χ1) is 25.4. The summed E-state index contributed by atoms with van der Waals surface area (Å²) in [6, 6.07) is 30.1. The summed E-state index contributed by atoms with van der Waals surface area (Å²) in [5.41, 5.74) is 0.217. The number of esters is 1. The van der Waals surface area contributed by atoms with Gasteiger partial charge >= 0.3 is 5.97 Å². The number of benzene rings is 3. The number of aromatic nitrogens is 4. The monoisotopic (exact) mass is 792 g/mol. The second kappa shape index (κ2) is 18.2. The minimum absolute atomic E-state index is 0.0347. The number of hydrogen-bond donors (Lipinski definition) is 1. The topological polar surface area (TPSA) is 131 Å². The van der Waals surface area contributed by atoms with Gasteiger partial charge in [-0.2, -0.15) is 0 Å². The lowest BCUT2D eigenvalue weighted by atomic mass is 9.99. The normalized spacial score (nSPS) is 16.7. The van der Waals surface area contributed by atoms with Crippen molar-refractivity contribution in [3.05, 3.63) is 91.0 Å². The molecule has 0 radical (unpaired) electrons. The molecule has 3 atom stereocenters. The summed E-state index contributed by atoms with van der Waals surface area (Å²) in [6.07, 6.45) is 0.743. The largest absolute Gasteiger partial charge is 0.461 e. The second-order valence-corrected chi connectivity index (χ2v) is 25.5. The fourth-order valence-electron chi connectivity index (χ4n) is 6.04. The molecule has 0 saturated carbocycles. The predicted molar refractivity (Wildman–Crippen MR) is 219 cm³/mol. The third-order valence-electron chi connectivity index (χ3n) is 9.17. The SMILES string of the molecule is CC(N(C)C)n1nnnc1SCCCC(=O)S[C@@H]1[C@@H](CO)C(=O)N1C(C(=O)OCC[Si](C)(C)C)=P(c1ccccc1)(c1ccccc1)c1ccccc1. The summed E-state index contributed by atoms with van der Waals surface area (Å²) in [6.45, 7) is 5.29. The van der Waals surface area contributed by atoms with Gasteiger partial charge in [0.15, 0.2) is 5.12 Å². The summed E-state index contributed by atoms with van der Waals surface area (Å²) in [5, 5.41) is 24.9. The summed E-state index contributed by atoms with van der Waals surface area (Å²) >= 11 is 2.48. The molecule has 1 saturated heterocycles. The van der Waals surface area contributed by atoms with Crippen LogP contribution in [0.2, 0.25) is 25.7 Å². The minimum Gasteiger partial charge on any atom is -0.461 e. The number of aliphatic hydroxyl groups is 1. The lowest BCUT2D eigenvalue weighted by molar-refractivity contribution is -0.148. The highest BCUT2D eigenvalue weighted by Gasteiger charge is 2.54. The van der Waals surface area contributed by atoms with E-state index in [0.717, 1.165) is 33.7 Å². The quantitative estimate of drug-likeness (QED) is 0.0400. The minimum atomic E-state index is -3.13. The number of nitrogens with zero attached hydrogens (tertiary/aromatic N) is 6. The summed E-state index contributed by atoms with van der Waals surface area (Å²) in [4.78, 5) is 46.3. The van der Waals surface area contributed by atoms with E-state index in [9.17, 15) is 19.5 Å². The van der Waals surface area contributed by atoms with Crippen LogP contribution in [0.5, 0.6) is 0 Å². The van der Waals surface area contributed by atoms with Crippen molar-refractivity contribution >= 4 is 76.8 Å². The number of hydrogen-bond acceptors (Lipinski definition) is 11. The van der Waals surface area contributed by atoms with Crippen LogP contribution in [0.4, 0.5) is 0 Å². The van der Waals surface area contributed by atoms with E-state index in [1.54, 1.807) is 4.68 Å². The molecule has 4 aromatic rings. The molecule has 1 unspecified atom stereocenters. The molecule has 0 aliphatic carbocycles. The highest BCUT2D eigenvalue weighted by molar-refractivity contribution is 8.14. The van der Waals surface area contributed by atoms with Crippen molar-refractivity contribution in [1.82, 2.24) is 30.0 Å². The lowest BCUT2D eigenvalue weighted by Gasteiger charge is -2.48. The van der Waals surface area contributed by atoms with Crippen LogP contribution in [0.1, 0.15) is 25.9 Å². The summed E-state index contributed by atoms with van der Waals surface area (Å²) in [5.74, 6) is -1.24. The molecule has 3 aromatic carbocycles. The Kier molecular flexibility index (Phi) is 14.0. The Morgan fingerprint density at radius 2 is 1.49 bits per heavy atom. The number of tetrazole rings is 1. The molecule has 1 N–H and O–H groups in total. The molecule has 282 valence electrons. The van der Waals surface area contributed by atoms with Crippen LogP contribution < -0.4 is 15.9 Å². The zero-order valence-corrected chi connectivity index (χ0v) is 34.7. The number of likely N-dealkylation sites (tertiary alicyclic amines) is 1. The van der Waals surface area contributed by atoms with E-state index in [1.807, 2.05) is 117 Å². The van der Waals surface area contributed by atoms with E-state index < -0.39 is 44.7 Å². The van der Waals surface area contributed by atoms with Gasteiger partial charge in [-0.3, -0.25) is 19.4 Å². The van der Waals surface area contributed by atoms with Crippen molar-refractivity contribution in [3.8, 4) is 0 Å². The van der Waals surface area contributed by atoms with Gasteiger partial charge in [-0.1, -0.05) is 134 Å². The number of carbonyl (C=O) groups excluding carboxylic acids is 3. The molecule has 11 nitrogen and oxygen atoms in total. The molecular weight excluding hydrogens is 744 g/mol. The number of amides is 1. The van der Waals surface area contributed by atoms with Crippen LogP contribution >= 0.6 is 30.4 Å². The van der Waals surface area contributed by atoms with Gasteiger partial charge in [0, 0.05) is 27.1 Å². The molecule has 0 bridgehead atoms. The number of ether oxygens (including phenoxy) is 1. The zero-order valence-electron chi connectivity index (χ0n) is 31.2. The van der Waals surface area contributed by atoms with Gasteiger partial charge in [0.1, 0.15) is 17.0 Å². The van der Waals surface area contributed by atoms with Gasteiger partial charge in [0.05, 0.1) is 19.1 Å². The Labute approximate surface area is 321 Å². The Balaban J connectivity index is 1.56. The van der Waals surface area contributed by atoms with Gasteiger partial charge < -0.3 is 9.84 Å². The Morgan fingerprint density at radius 3 is 1.98 bits per heavy atom. The van der Waals surface area contributed by atoms with E-state index in [0.29, 0.717) is 17.3 Å². The molecule has 1 aliphatic rings. The fraction of sp³-hybridized carbons (Fsp3) is 0.395. The van der Waals surface area contributed by atoms with Crippen LogP contribution in [-0.2, 0) is 19.1 Å². The maximum absolute atomic E-state index is 14.9. The average molecular weight is 793 g/mol. The maximum atomic E-state index is 14.9. The van der Waals surface area contributed by atoms with E-state index >= 15 is 0 Å². The lowest BCUT2D eigenvalue weighted by Crippen LogP contribution is -2.65. The highest BCUT2D eigenvalue weighted by Crippen LogP contribution is 2.50. The van der Waals surface area contributed by atoms with E-state index in [-0.39, 0.29) is 29.7 Å². The molecule has 5 rings (SSSR count). The molecule has 1 amide bonds. The molecule has 53 heavy (non-hydrogen) atoms. The Bertz CT molecular complexity index is 1810. The third-order valence-corrected chi connectivity index (χ3v) is 17.4. The van der Waals surface area contributed by atoms with Gasteiger partial charge in [-0.25, -0.2) is 9.48 Å². The first kappa shape index (κ1) is 40.7. The van der Waals surface area contributed by atoms with E-state index in [2.05, 4.69) is 35.2 Å². The summed E-state index contributed by atoms with van der Waals surface area (Å²) in [7, 11) is 2.31. The second-order valence-electron chi connectivity index (χ2n) is 14.3. The first-order valence-electron chi connectivity index (χ1n) is 17.7. The van der Waals surface area contributed by atoms with E-state index in [4.69, 9.17) is 4.74 Å². The first-order valence-corrected chi connectivity index (χ1v) is 25.1. The number of carbonyl (C=O) groups is 3. The average Bonchev–Trinajstić information content (AvgIpc) is 3.62. The smallest absolute Gasteiger partial charge is 0.356 e. The zero-order chi connectivity index (χ0) is 38.2. The standard InChI is InChI=1S/C38H49N6O5PS2Si/c1-28(42(2)3)44-38(39-40-41-44)51-25-16-23-33(46)52-36-32(27-45)34(47)43(36)35(37(48)49-24-26-53(4,5)6)50(29-17-10-7-11-18-29,30-19-12-8-13-20-30)31-21-14-9-15-22-31/h7-15,17-22,28,32,36,45H,16,23-27H2,1-6H3/t28?,32-,36+/m0/s1. The van der Waals surface area contributed by atoms with Crippen LogP contribution in [0, 0.1) is 5.92 Å². The van der Waals surface area contributed by atoms with Crippen molar-refractivity contribution in [1.29, 1.82) is 0 Å². The van der Waals surface area contributed by atoms with Crippen molar-refractivity contribution in [2.24, 2.45) is 5.92 Å². The number of rotatable bonds is 17. The van der Waals surface area contributed by atoms with Gasteiger partial charge in [0.2, 0.25) is 11.1 Å². The van der Waals surface area contributed by atoms with Gasteiger partial charge in [-0.05, 0) is 59.8 Å².